The predicted octanol–water partition coefficient (Wildman–Crippen LogP) is 13.2. The smallest absolute Gasteiger partial charge is 0.164 e. The van der Waals surface area contributed by atoms with E-state index in [1.165, 1.54) is 0 Å². The summed E-state index contributed by atoms with van der Waals surface area (Å²) in [6.07, 6.45) is 0. The highest BCUT2D eigenvalue weighted by Crippen LogP contribution is 2.38. The molecule has 0 atom stereocenters. The monoisotopic (exact) mass is 723 g/mol. The first-order valence-corrected chi connectivity index (χ1v) is 18.2. The van der Waals surface area contributed by atoms with Gasteiger partial charge in [-0.2, -0.15) is 0 Å². The molecule has 262 valence electrons. The van der Waals surface area contributed by atoms with Crippen LogP contribution in [0, 0.1) is 0 Å². The van der Waals surface area contributed by atoms with Gasteiger partial charge in [0.25, 0.3) is 0 Å². The van der Waals surface area contributed by atoms with Gasteiger partial charge in [0, 0.05) is 50.0 Å². The van der Waals surface area contributed by atoms with Gasteiger partial charge in [-0.15, -0.1) is 0 Å². The molecule has 0 unspecified atom stereocenters. The van der Waals surface area contributed by atoms with Crippen molar-refractivity contribution in [1.82, 2.24) is 19.5 Å². The Labute approximate surface area is 332 Å². The van der Waals surface area contributed by atoms with Crippen LogP contribution in [0.1, 0.15) is 9.60 Å². The average Bonchev–Trinajstić information content (AvgIpc) is 3.89. The van der Waals surface area contributed by atoms with Crippen LogP contribution in [0.2, 0.25) is 0 Å². The summed E-state index contributed by atoms with van der Waals surface area (Å²) >= 11 is 0. The molecule has 0 N–H and O–H groups in total. The van der Waals surface area contributed by atoms with Gasteiger partial charge in [-0.05, 0) is 70.7 Å². The summed E-state index contributed by atoms with van der Waals surface area (Å²) in [4.78, 5) is 14.5. The van der Waals surface area contributed by atoms with E-state index in [0.29, 0.717) is 39.6 Å². The van der Waals surface area contributed by atoms with Crippen LogP contribution < -0.4 is 0 Å². The van der Waals surface area contributed by atoms with Crippen molar-refractivity contribution in [2.45, 2.75) is 0 Å². The van der Waals surface area contributed by atoms with Crippen LogP contribution in [0.3, 0.4) is 0 Å². The molecular formula is C51H32N4O. The molecule has 0 aliphatic rings. The van der Waals surface area contributed by atoms with Gasteiger partial charge < -0.3 is 8.98 Å². The lowest BCUT2D eigenvalue weighted by Gasteiger charge is -2.10. The number of hydrogen-bond donors (Lipinski definition) is 0. The van der Waals surface area contributed by atoms with Crippen molar-refractivity contribution < 1.29 is 14.0 Å². The summed E-state index contributed by atoms with van der Waals surface area (Å²) in [7, 11) is 0. The fourth-order valence-corrected chi connectivity index (χ4v) is 7.38. The third kappa shape index (κ3) is 5.45. The highest BCUT2D eigenvalue weighted by Gasteiger charge is 2.18. The van der Waals surface area contributed by atoms with E-state index < -0.39 is 12.1 Å². The molecule has 0 fully saturated rings. The van der Waals surface area contributed by atoms with Crippen LogP contribution in [-0.4, -0.2) is 19.5 Å². The lowest BCUT2D eigenvalue weighted by Crippen LogP contribution is -2.00. The van der Waals surface area contributed by atoms with Crippen molar-refractivity contribution in [3.05, 3.63) is 194 Å². The quantitative estimate of drug-likeness (QED) is 0.171. The molecule has 0 amide bonds. The lowest BCUT2D eigenvalue weighted by atomic mass is 10.0. The Hall–Kier alpha value is -7.63. The van der Waals surface area contributed by atoms with Gasteiger partial charge in [0.15, 0.2) is 17.5 Å². The predicted molar refractivity (Wildman–Crippen MR) is 229 cm³/mol. The third-order valence-electron chi connectivity index (χ3n) is 10.1. The van der Waals surface area contributed by atoms with Crippen LogP contribution in [-0.2, 0) is 0 Å². The van der Waals surface area contributed by atoms with Crippen molar-refractivity contribution in [3.8, 4) is 62.1 Å². The van der Waals surface area contributed by atoms with Crippen LogP contribution >= 0.6 is 0 Å². The summed E-state index contributed by atoms with van der Waals surface area (Å²) in [6, 6.07) is 46.0. The fraction of sp³-hybridized carbons (Fsp3) is 0. The highest BCUT2D eigenvalue weighted by atomic mass is 16.3. The van der Waals surface area contributed by atoms with E-state index in [0.717, 1.165) is 33.0 Å². The fourth-order valence-electron chi connectivity index (χ4n) is 7.38. The second-order valence-corrected chi connectivity index (χ2v) is 13.5. The molecule has 11 rings (SSSR count). The Morgan fingerprint density at radius 3 is 1.66 bits per heavy atom. The van der Waals surface area contributed by atoms with Crippen molar-refractivity contribution in [1.29, 1.82) is 0 Å². The molecule has 0 aliphatic heterocycles. The average molecular weight is 724 g/mol. The zero-order chi connectivity index (χ0) is 43.1. The molecule has 0 aliphatic carbocycles. The zero-order valence-electron chi connectivity index (χ0n) is 36.6. The van der Waals surface area contributed by atoms with Crippen molar-refractivity contribution in [2.75, 3.05) is 0 Å². The van der Waals surface area contributed by atoms with Crippen molar-refractivity contribution in [3.63, 3.8) is 0 Å². The summed E-state index contributed by atoms with van der Waals surface area (Å²) < 4.78 is 72.8. The van der Waals surface area contributed by atoms with Gasteiger partial charge in [-0.1, -0.05) is 139 Å². The van der Waals surface area contributed by atoms with E-state index in [2.05, 4.69) is 6.07 Å². The van der Waals surface area contributed by atoms with E-state index >= 15 is 0 Å². The summed E-state index contributed by atoms with van der Waals surface area (Å²) in [6.45, 7) is 0. The Bertz CT molecular complexity index is 3630. The van der Waals surface area contributed by atoms with Gasteiger partial charge in [0.1, 0.15) is 11.2 Å². The number of nitrogens with zero attached hydrogens (tertiary/aromatic N) is 4. The van der Waals surface area contributed by atoms with Crippen LogP contribution in [0.15, 0.2) is 198 Å². The molecule has 0 saturated heterocycles. The number of furan rings is 1. The number of rotatable bonds is 6. The molecule has 3 aromatic heterocycles. The number of aromatic nitrogens is 4. The van der Waals surface area contributed by atoms with Crippen LogP contribution in [0.5, 0.6) is 0 Å². The zero-order valence-corrected chi connectivity index (χ0v) is 29.6. The maximum Gasteiger partial charge on any atom is 0.164 e. The van der Waals surface area contributed by atoms with E-state index in [9.17, 15) is 6.85 Å². The normalized spacial score (nSPS) is 13.3. The Kier molecular flexibility index (Phi) is 5.92. The summed E-state index contributed by atoms with van der Waals surface area (Å²) in [5.41, 5.74) is 7.17. The van der Waals surface area contributed by atoms with E-state index in [-0.39, 0.29) is 63.4 Å². The number of benzene rings is 8. The van der Waals surface area contributed by atoms with Gasteiger partial charge in [0.05, 0.1) is 20.6 Å². The SMILES string of the molecule is [2H]c1c([2H])c([2H])c2c(c1[2H])c1c([2H])c(-c3nc(-c4ccccc4)nc(-c4ccc(-c5ccccc5)cc4)n3)c([2H])c([2H])c1n2-c1ccc2c(c1)oc1ccc(-c3ccccc3)cc12. The molecule has 56 heavy (non-hydrogen) atoms. The molecule has 0 saturated carbocycles. The molecular weight excluding hydrogens is 685 g/mol. The molecule has 5 nitrogen and oxygen atoms in total. The maximum absolute atomic E-state index is 9.84. The van der Waals surface area contributed by atoms with Crippen LogP contribution in [0.25, 0.3) is 106 Å². The number of para-hydroxylation sites is 1. The molecule has 0 spiro atoms. The highest BCUT2D eigenvalue weighted by molar-refractivity contribution is 6.11. The topological polar surface area (TPSA) is 56.7 Å². The van der Waals surface area contributed by atoms with Crippen molar-refractivity contribution >= 4 is 43.7 Å². The second-order valence-electron chi connectivity index (χ2n) is 13.5. The molecule has 5 heteroatoms. The molecule has 11 aromatic rings. The first kappa shape index (κ1) is 25.4. The van der Waals surface area contributed by atoms with Crippen molar-refractivity contribution in [2.24, 2.45) is 0 Å². The molecule has 0 bridgehead atoms. The van der Waals surface area contributed by atoms with Crippen LogP contribution in [0.4, 0.5) is 0 Å². The second kappa shape index (κ2) is 13.0. The molecule has 3 heterocycles. The first-order chi connectivity index (χ1) is 30.7. The van der Waals surface area contributed by atoms with Gasteiger partial charge >= 0.3 is 0 Å². The Balaban J connectivity index is 1.15. The lowest BCUT2D eigenvalue weighted by molar-refractivity contribution is 0.668. The Morgan fingerprint density at radius 2 is 0.946 bits per heavy atom. The van der Waals surface area contributed by atoms with Gasteiger partial charge in [0.2, 0.25) is 0 Å². The minimum atomic E-state index is -0.483. The molecule has 0 radical (unpaired) electrons. The standard InChI is InChI=1S/C51H32N4O/c1-4-12-33(13-5-1)35-20-22-37(23-21-35)50-52-49(36-16-8-3-9-17-36)53-51(54-50)39-24-28-46-43(31-39)41-18-10-11-19-45(41)55(46)40-26-27-42-44-30-38(34-14-6-2-7-15-34)25-29-47(44)56-48(42)32-40/h1-32H/i10D,11D,18D,19D,24D,28D,31D. The third-order valence-corrected chi connectivity index (χ3v) is 10.1. The maximum atomic E-state index is 9.84. The van der Waals surface area contributed by atoms with E-state index in [1.807, 2.05) is 133 Å². The minimum Gasteiger partial charge on any atom is -0.456 e. The summed E-state index contributed by atoms with van der Waals surface area (Å²) in [5.74, 6) is 0.576. The number of fused-ring (bicyclic) bond motifs is 6. The largest absolute Gasteiger partial charge is 0.456 e. The van der Waals surface area contributed by atoms with E-state index in [4.69, 9.17) is 22.1 Å². The Morgan fingerprint density at radius 1 is 0.393 bits per heavy atom. The number of hydrogen-bond acceptors (Lipinski definition) is 4. The minimum absolute atomic E-state index is 0.0170. The summed E-state index contributed by atoms with van der Waals surface area (Å²) in [5, 5.41) is 1.84. The first-order valence-electron chi connectivity index (χ1n) is 21.7. The van der Waals surface area contributed by atoms with E-state index in [1.54, 1.807) is 16.7 Å². The van der Waals surface area contributed by atoms with Gasteiger partial charge in [-0.25, -0.2) is 15.0 Å². The molecule has 8 aromatic carbocycles. The van der Waals surface area contributed by atoms with Gasteiger partial charge in [-0.3, -0.25) is 0 Å².